The van der Waals surface area contributed by atoms with Crippen LogP contribution in [0.2, 0.25) is 0 Å². The summed E-state index contributed by atoms with van der Waals surface area (Å²) in [5.74, 6) is -0.919. The van der Waals surface area contributed by atoms with E-state index < -0.39 is 5.97 Å². The second-order valence-electron chi connectivity index (χ2n) is 12.7. The minimum Gasteiger partial charge on any atom is -0.478 e. The third-order valence-electron chi connectivity index (χ3n) is 9.77. The van der Waals surface area contributed by atoms with Crippen LogP contribution in [0.1, 0.15) is 99.5 Å². The minimum atomic E-state index is -0.919. The summed E-state index contributed by atoms with van der Waals surface area (Å²) in [7, 11) is 0. The maximum Gasteiger partial charge on any atom is 0.335 e. The largest absolute Gasteiger partial charge is 0.478 e. The fourth-order valence-electron chi connectivity index (χ4n) is 7.49. The van der Waals surface area contributed by atoms with E-state index in [2.05, 4.69) is 104 Å². The van der Waals surface area contributed by atoms with Crippen molar-refractivity contribution >= 4 is 33.8 Å². The molecular formula is C42H45NO2. The average Bonchev–Trinajstić information content (AvgIpc) is 3.34. The van der Waals surface area contributed by atoms with E-state index in [1.807, 2.05) is 12.1 Å². The van der Waals surface area contributed by atoms with Crippen LogP contribution in [0.25, 0.3) is 21.9 Å². The average molecular weight is 596 g/mol. The zero-order valence-electron chi connectivity index (χ0n) is 26.8. The molecule has 0 saturated heterocycles. The van der Waals surface area contributed by atoms with Gasteiger partial charge in [-0.3, -0.25) is 0 Å². The molecule has 0 radical (unpaired) electrons. The molecule has 0 aliphatic heterocycles. The number of fused-ring (bicyclic) bond motifs is 4. The Hall–Kier alpha value is -4.37. The summed E-state index contributed by atoms with van der Waals surface area (Å²) in [5.41, 5.74) is 8.80. The van der Waals surface area contributed by atoms with Gasteiger partial charge in [0, 0.05) is 22.5 Å². The number of carbonyl (C=O) groups is 1. The Morgan fingerprint density at radius 3 is 1.93 bits per heavy atom. The smallest absolute Gasteiger partial charge is 0.335 e. The first-order chi connectivity index (χ1) is 22.1. The van der Waals surface area contributed by atoms with Crippen molar-refractivity contribution in [3.05, 3.63) is 126 Å². The second kappa shape index (κ2) is 13.7. The Bertz CT molecular complexity index is 1780. The van der Waals surface area contributed by atoms with Crippen molar-refractivity contribution in [2.24, 2.45) is 0 Å². The quantitative estimate of drug-likeness (QED) is 0.130. The molecule has 0 atom stereocenters. The fourth-order valence-corrected chi connectivity index (χ4v) is 7.49. The van der Waals surface area contributed by atoms with E-state index in [0.29, 0.717) is 0 Å². The lowest BCUT2D eigenvalue weighted by Crippen LogP contribution is -2.26. The number of carboxylic acids is 1. The van der Waals surface area contributed by atoms with Gasteiger partial charge in [-0.1, -0.05) is 132 Å². The first-order valence-corrected chi connectivity index (χ1v) is 16.9. The van der Waals surface area contributed by atoms with Crippen LogP contribution < -0.4 is 4.90 Å². The number of anilines is 3. The molecule has 0 bridgehead atoms. The fraction of sp³-hybridized carbons (Fsp3) is 0.310. The van der Waals surface area contributed by atoms with Crippen LogP contribution in [0.3, 0.4) is 0 Å². The molecule has 0 aromatic heterocycles. The summed E-state index contributed by atoms with van der Waals surface area (Å²) in [6.07, 6.45) is 12.3. The number of benzene rings is 5. The molecule has 1 aliphatic carbocycles. The Kier molecular flexibility index (Phi) is 9.35. The van der Waals surface area contributed by atoms with Gasteiger partial charge in [-0.15, -0.1) is 0 Å². The van der Waals surface area contributed by atoms with Gasteiger partial charge in [-0.25, -0.2) is 4.79 Å². The van der Waals surface area contributed by atoms with E-state index in [-0.39, 0.29) is 11.0 Å². The Labute approximate surface area is 268 Å². The molecule has 1 aliphatic rings. The number of hydrogen-bond acceptors (Lipinski definition) is 2. The molecule has 45 heavy (non-hydrogen) atoms. The Balaban J connectivity index is 1.52. The summed E-state index contributed by atoms with van der Waals surface area (Å²) in [6.45, 7) is 4.57. The highest BCUT2D eigenvalue weighted by molar-refractivity contribution is 5.93. The molecule has 230 valence electrons. The van der Waals surface area contributed by atoms with Crippen LogP contribution in [-0.4, -0.2) is 11.1 Å². The van der Waals surface area contributed by atoms with Gasteiger partial charge in [0.1, 0.15) is 0 Å². The molecule has 5 aromatic rings. The van der Waals surface area contributed by atoms with E-state index in [9.17, 15) is 9.90 Å². The molecule has 0 amide bonds. The zero-order valence-corrected chi connectivity index (χ0v) is 26.8. The van der Waals surface area contributed by atoms with E-state index >= 15 is 0 Å². The summed E-state index contributed by atoms with van der Waals surface area (Å²) < 4.78 is 0. The lowest BCUT2D eigenvalue weighted by atomic mass is 9.70. The molecule has 0 spiro atoms. The number of carboxylic acid groups (broad SMARTS) is 1. The standard InChI is InChI=1S/C42H45NO2/c1-3-5-7-13-26-42(27-14-8-6-4-2)39-21-12-11-20-37(39)38-25-24-36(30-40(38)42)43(34-19-15-18-33(29-34)41(44)45)35-23-22-31-16-9-10-17-32(31)28-35/h9-12,15-25,28-30H,3-8,13-14,26-27H2,1-2H3,(H,44,45). The molecule has 6 rings (SSSR count). The highest BCUT2D eigenvalue weighted by Crippen LogP contribution is 2.55. The third kappa shape index (κ3) is 6.14. The lowest BCUT2D eigenvalue weighted by Gasteiger charge is -2.34. The lowest BCUT2D eigenvalue weighted by molar-refractivity contribution is 0.0697. The zero-order chi connectivity index (χ0) is 31.2. The summed E-state index contributed by atoms with van der Waals surface area (Å²) >= 11 is 0. The SMILES string of the molecule is CCCCCCC1(CCCCCC)c2ccccc2-c2ccc(N(c3cccc(C(=O)O)c3)c3ccc4ccccc4c3)cc21. The van der Waals surface area contributed by atoms with Crippen molar-refractivity contribution in [2.75, 3.05) is 4.90 Å². The maximum absolute atomic E-state index is 12.1. The van der Waals surface area contributed by atoms with Gasteiger partial charge in [0.2, 0.25) is 0 Å². The van der Waals surface area contributed by atoms with Crippen LogP contribution in [0.5, 0.6) is 0 Å². The van der Waals surface area contributed by atoms with Crippen molar-refractivity contribution in [3.63, 3.8) is 0 Å². The summed E-state index contributed by atoms with van der Waals surface area (Å²) in [4.78, 5) is 14.3. The van der Waals surface area contributed by atoms with Gasteiger partial charge in [-0.2, -0.15) is 0 Å². The molecule has 0 heterocycles. The third-order valence-corrected chi connectivity index (χ3v) is 9.77. The summed E-state index contributed by atoms with van der Waals surface area (Å²) in [5, 5.41) is 12.2. The van der Waals surface area contributed by atoms with E-state index in [4.69, 9.17) is 0 Å². The number of nitrogens with zero attached hydrogens (tertiary/aromatic N) is 1. The van der Waals surface area contributed by atoms with Gasteiger partial charge in [0.25, 0.3) is 0 Å². The van der Waals surface area contributed by atoms with E-state index in [1.54, 1.807) is 12.1 Å². The van der Waals surface area contributed by atoms with Crippen molar-refractivity contribution in [1.29, 1.82) is 0 Å². The first-order valence-electron chi connectivity index (χ1n) is 16.9. The van der Waals surface area contributed by atoms with Crippen LogP contribution in [0, 0.1) is 0 Å². The topological polar surface area (TPSA) is 40.5 Å². The van der Waals surface area contributed by atoms with Crippen molar-refractivity contribution < 1.29 is 9.90 Å². The van der Waals surface area contributed by atoms with Crippen molar-refractivity contribution in [2.45, 2.75) is 83.5 Å². The van der Waals surface area contributed by atoms with Crippen LogP contribution >= 0.6 is 0 Å². The molecule has 0 unspecified atom stereocenters. The number of rotatable bonds is 14. The monoisotopic (exact) mass is 595 g/mol. The van der Waals surface area contributed by atoms with E-state index in [1.165, 1.54) is 79.0 Å². The molecule has 0 saturated carbocycles. The van der Waals surface area contributed by atoms with Gasteiger partial charge < -0.3 is 10.0 Å². The highest BCUT2D eigenvalue weighted by Gasteiger charge is 2.42. The van der Waals surface area contributed by atoms with Crippen LogP contribution in [-0.2, 0) is 5.41 Å². The first kappa shape index (κ1) is 30.6. The highest BCUT2D eigenvalue weighted by atomic mass is 16.4. The normalized spacial score (nSPS) is 13.0. The molecular weight excluding hydrogens is 550 g/mol. The maximum atomic E-state index is 12.1. The molecule has 3 heteroatoms. The van der Waals surface area contributed by atoms with Gasteiger partial charge in [0.05, 0.1) is 5.56 Å². The molecule has 3 nitrogen and oxygen atoms in total. The van der Waals surface area contributed by atoms with Gasteiger partial charge >= 0.3 is 5.97 Å². The van der Waals surface area contributed by atoms with Gasteiger partial charge in [0.15, 0.2) is 0 Å². The minimum absolute atomic E-state index is 0.0264. The van der Waals surface area contributed by atoms with Crippen LogP contribution in [0.15, 0.2) is 109 Å². The Morgan fingerprint density at radius 2 is 1.20 bits per heavy atom. The van der Waals surface area contributed by atoms with Crippen molar-refractivity contribution in [3.8, 4) is 11.1 Å². The number of hydrogen-bond donors (Lipinski definition) is 1. The molecule has 1 N–H and O–H groups in total. The van der Waals surface area contributed by atoms with E-state index in [0.717, 1.165) is 35.3 Å². The van der Waals surface area contributed by atoms with Gasteiger partial charge in [-0.05, 0) is 88.3 Å². The van der Waals surface area contributed by atoms with Crippen molar-refractivity contribution in [1.82, 2.24) is 0 Å². The Morgan fingerprint density at radius 1 is 0.578 bits per heavy atom. The molecule has 5 aromatic carbocycles. The number of unbranched alkanes of at least 4 members (excludes halogenated alkanes) is 6. The predicted octanol–water partition coefficient (Wildman–Crippen LogP) is 12.2. The summed E-state index contributed by atoms with van der Waals surface area (Å²) in [6, 6.07) is 38.3. The second-order valence-corrected chi connectivity index (χ2v) is 12.7. The predicted molar refractivity (Wildman–Crippen MR) is 189 cm³/mol. The molecule has 0 fully saturated rings. The van der Waals surface area contributed by atoms with Crippen LogP contribution in [0.4, 0.5) is 17.1 Å². The number of aromatic carboxylic acids is 1.